The zero-order valence-electron chi connectivity index (χ0n) is 8.25. The summed E-state index contributed by atoms with van der Waals surface area (Å²) < 4.78 is 1.64. The first-order chi connectivity index (χ1) is 7.29. The van der Waals surface area contributed by atoms with E-state index in [1.54, 1.807) is 10.9 Å². The molecule has 0 spiro atoms. The molecule has 0 fully saturated rings. The second-order valence-electron chi connectivity index (χ2n) is 3.20. The first-order valence-electron chi connectivity index (χ1n) is 4.46. The summed E-state index contributed by atoms with van der Waals surface area (Å²) in [4.78, 5) is 0. The fourth-order valence-electron chi connectivity index (χ4n) is 1.33. The van der Waals surface area contributed by atoms with Crippen LogP contribution < -0.4 is 11.3 Å². The van der Waals surface area contributed by atoms with Gasteiger partial charge in [0.25, 0.3) is 0 Å². The molecule has 1 unspecified atom stereocenters. The van der Waals surface area contributed by atoms with Crippen LogP contribution in [0.3, 0.4) is 0 Å². The summed E-state index contributed by atoms with van der Waals surface area (Å²) in [5.41, 5.74) is 4.27. The van der Waals surface area contributed by atoms with E-state index in [-0.39, 0.29) is 6.04 Å². The van der Waals surface area contributed by atoms with Gasteiger partial charge in [-0.25, -0.2) is 0 Å². The van der Waals surface area contributed by atoms with Gasteiger partial charge in [0.05, 0.1) is 17.9 Å². The minimum absolute atomic E-state index is 0.111. The Morgan fingerprint density at radius 2 is 2.53 bits per heavy atom. The lowest BCUT2D eigenvalue weighted by Crippen LogP contribution is -2.30. The fourth-order valence-corrected chi connectivity index (χ4v) is 1.33. The number of nitrogens with two attached hydrogens (primary N) is 1. The molecule has 0 bridgehead atoms. The van der Waals surface area contributed by atoms with Gasteiger partial charge in [0.1, 0.15) is 5.69 Å². The zero-order valence-corrected chi connectivity index (χ0v) is 8.25. The van der Waals surface area contributed by atoms with Crippen LogP contribution in [-0.4, -0.2) is 30.4 Å². The molecule has 4 N–H and O–H groups in total. The van der Waals surface area contributed by atoms with Crippen molar-refractivity contribution in [2.45, 2.75) is 12.5 Å². The Balaban J connectivity index is 2.09. The summed E-state index contributed by atoms with van der Waals surface area (Å²) in [7, 11) is 1.82. The summed E-state index contributed by atoms with van der Waals surface area (Å²) >= 11 is 0. The molecular formula is C7H12N8. The topological polar surface area (TPSA) is 110 Å². The Hall–Kier alpha value is -1.80. The van der Waals surface area contributed by atoms with E-state index in [0.717, 1.165) is 11.4 Å². The SMILES string of the molecule is Cn1cc(CC(NN)c2cn[nH]n2)nn1. The Morgan fingerprint density at radius 1 is 1.67 bits per heavy atom. The van der Waals surface area contributed by atoms with E-state index < -0.39 is 0 Å². The minimum atomic E-state index is -0.111. The van der Waals surface area contributed by atoms with Gasteiger partial charge >= 0.3 is 0 Å². The lowest BCUT2D eigenvalue weighted by Gasteiger charge is -2.09. The molecule has 0 aliphatic carbocycles. The third-order valence-corrected chi connectivity index (χ3v) is 2.06. The molecule has 8 heteroatoms. The molecule has 0 amide bonds. The third-order valence-electron chi connectivity index (χ3n) is 2.06. The van der Waals surface area contributed by atoms with Crippen molar-refractivity contribution in [3.05, 3.63) is 23.8 Å². The van der Waals surface area contributed by atoms with Gasteiger partial charge in [-0.15, -0.1) is 5.10 Å². The summed E-state index contributed by atoms with van der Waals surface area (Å²) in [6.07, 6.45) is 4.09. The Labute approximate surface area is 85.8 Å². The molecule has 15 heavy (non-hydrogen) atoms. The molecule has 0 aliphatic heterocycles. The second-order valence-corrected chi connectivity index (χ2v) is 3.20. The number of nitrogens with zero attached hydrogens (tertiary/aromatic N) is 5. The highest BCUT2D eigenvalue weighted by Gasteiger charge is 2.14. The van der Waals surface area contributed by atoms with E-state index in [1.807, 2.05) is 13.2 Å². The van der Waals surface area contributed by atoms with Gasteiger partial charge in [0, 0.05) is 19.7 Å². The van der Waals surface area contributed by atoms with E-state index >= 15 is 0 Å². The lowest BCUT2D eigenvalue weighted by atomic mass is 10.1. The van der Waals surface area contributed by atoms with E-state index in [1.165, 1.54) is 0 Å². The number of hydrazine groups is 1. The zero-order chi connectivity index (χ0) is 10.7. The maximum atomic E-state index is 5.43. The largest absolute Gasteiger partial charge is 0.271 e. The van der Waals surface area contributed by atoms with E-state index in [0.29, 0.717) is 6.42 Å². The van der Waals surface area contributed by atoms with Crippen molar-refractivity contribution in [3.63, 3.8) is 0 Å². The predicted octanol–water partition coefficient (Wildman–Crippen LogP) is -1.32. The molecule has 2 aromatic rings. The van der Waals surface area contributed by atoms with Gasteiger partial charge in [-0.05, 0) is 0 Å². The van der Waals surface area contributed by atoms with Gasteiger partial charge < -0.3 is 0 Å². The molecule has 2 heterocycles. The number of H-pyrrole nitrogens is 1. The van der Waals surface area contributed by atoms with Gasteiger partial charge in [-0.3, -0.25) is 16.0 Å². The van der Waals surface area contributed by atoms with Crippen molar-refractivity contribution in [1.29, 1.82) is 0 Å². The van der Waals surface area contributed by atoms with Gasteiger partial charge in [-0.1, -0.05) is 5.21 Å². The minimum Gasteiger partial charge on any atom is -0.271 e. The molecule has 0 aliphatic rings. The molecular weight excluding hydrogens is 196 g/mol. The van der Waals surface area contributed by atoms with Crippen LogP contribution in [0.2, 0.25) is 0 Å². The van der Waals surface area contributed by atoms with Crippen LogP contribution in [0.5, 0.6) is 0 Å². The second kappa shape index (κ2) is 4.15. The normalized spacial score (nSPS) is 12.9. The van der Waals surface area contributed by atoms with Crippen LogP contribution in [0, 0.1) is 0 Å². The predicted molar refractivity (Wildman–Crippen MR) is 51.2 cm³/mol. The quantitative estimate of drug-likeness (QED) is 0.424. The number of hydrogen-bond acceptors (Lipinski definition) is 6. The molecule has 2 rings (SSSR count). The van der Waals surface area contributed by atoms with Crippen LogP contribution in [0.4, 0.5) is 0 Å². The highest BCUT2D eigenvalue weighted by molar-refractivity contribution is 5.05. The standard InChI is InChI=1S/C7H12N8/c1-15-4-5(11-14-15)2-6(10-8)7-3-9-13-12-7/h3-4,6,10H,2,8H2,1H3,(H,9,12,13). The number of nitrogens with one attached hydrogen (secondary N) is 2. The van der Waals surface area contributed by atoms with Crippen LogP contribution in [-0.2, 0) is 13.5 Å². The van der Waals surface area contributed by atoms with Crippen LogP contribution in [0.15, 0.2) is 12.4 Å². The highest BCUT2D eigenvalue weighted by Crippen LogP contribution is 2.12. The Kier molecular flexibility index (Phi) is 2.70. The Bertz CT molecular complexity index is 404. The number of aromatic nitrogens is 6. The highest BCUT2D eigenvalue weighted by atomic mass is 15.4. The van der Waals surface area contributed by atoms with E-state index in [2.05, 4.69) is 31.1 Å². The first kappa shape index (κ1) is 9.74. The average molecular weight is 208 g/mol. The van der Waals surface area contributed by atoms with Crippen molar-refractivity contribution in [2.75, 3.05) is 0 Å². The Morgan fingerprint density at radius 3 is 3.07 bits per heavy atom. The molecule has 8 nitrogen and oxygen atoms in total. The number of aryl methyl sites for hydroxylation is 1. The number of hydrogen-bond donors (Lipinski definition) is 3. The van der Waals surface area contributed by atoms with Crippen LogP contribution in [0.25, 0.3) is 0 Å². The van der Waals surface area contributed by atoms with Gasteiger partial charge in [0.2, 0.25) is 0 Å². The van der Waals surface area contributed by atoms with Crippen molar-refractivity contribution < 1.29 is 0 Å². The number of aromatic amines is 1. The molecule has 0 radical (unpaired) electrons. The average Bonchev–Trinajstić information content (AvgIpc) is 2.85. The molecule has 0 aromatic carbocycles. The number of rotatable bonds is 4. The smallest absolute Gasteiger partial charge is 0.101 e. The summed E-state index contributed by atoms with van der Waals surface area (Å²) in [5.74, 6) is 5.43. The first-order valence-corrected chi connectivity index (χ1v) is 4.46. The van der Waals surface area contributed by atoms with E-state index in [4.69, 9.17) is 5.84 Å². The fraction of sp³-hybridized carbons (Fsp3) is 0.429. The molecule has 0 saturated carbocycles. The molecule has 80 valence electrons. The van der Waals surface area contributed by atoms with E-state index in [9.17, 15) is 0 Å². The lowest BCUT2D eigenvalue weighted by molar-refractivity contribution is 0.531. The van der Waals surface area contributed by atoms with Crippen molar-refractivity contribution in [2.24, 2.45) is 12.9 Å². The molecule has 0 saturated heterocycles. The maximum Gasteiger partial charge on any atom is 0.101 e. The van der Waals surface area contributed by atoms with Crippen molar-refractivity contribution >= 4 is 0 Å². The maximum absolute atomic E-state index is 5.43. The van der Waals surface area contributed by atoms with Gasteiger partial charge in [-0.2, -0.15) is 15.4 Å². The van der Waals surface area contributed by atoms with Crippen molar-refractivity contribution in [3.8, 4) is 0 Å². The van der Waals surface area contributed by atoms with Crippen molar-refractivity contribution in [1.82, 2.24) is 35.8 Å². The summed E-state index contributed by atoms with van der Waals surface area (Å²) in [5, 5.41) is 18.0. The summed E-state index contributed by atoms with van der Waals surface area (Å²) in [6, 6.07) is -0.111. The third kappa shape index (κ3) is 2.17. The summed E-state index contributed by atoms with van der Waals surface area (Å²) in [6.45, 7) is 0. The van der Waals surface area contributed by atoms with Gasteiger partial charge in [0.15, 0.2) is 0 Å². The molecule has 1 atom stereocenters. The van der Waals surface area contributed by atoms with Crippen LogP contribution in [0.1, 0.15) is 17.4 Å². The van der Waals surface area contributed by atoms with Crippen LogP contribution >= 0.6 is 0 Å². The monoisotopic (exact) mass is 208 g/mol. The molecule has 2 aromatic heterocycles.